The predicted molar refractivity (Wildman–Crippen MR) is 154 cm³/mol. The first-order valence-corrected chi connectivity index (χ1v) is 13.9. The zero-order chi connectivity index (χ0) is 24.8. The maximum Gasteiger partial charge on any atom is 0.227 e. The number of benzene rings is 3. The van der Waals surface area contributed by atoms with Crippen LogP contribution in [-0.4, -0.2) is 32.5 Å². The molecule has 1 spiro atoms. The Morgan fingerprint density at radius 2 is 1.56 bits per heavy atom. The number of carbonyl (C=O) groups excluding carboxylic acids is 1. The molecule has 1 aliphatic carbocycles. The van der Waals surface area contributed by atoms with E-state index in [1.807, 2.05) is 18.2 Å². The van der Waals surface area contributed by atoms with Gasteiger partial charge in [-0.3, -0.25) is 4.79 Å². The quantitative estimate of drug-likeness (QED) is 0.212. The minimum Gasteiger partial charge on any atom is -0.356 e. The van der Waals surface area contributed by atoms with Crippen molar-refractivity contribution in [3.63, 3.8) is 0 Å². The van der Waals surface area contributed by atoms with E-state index >= 15 is 0 Å². The molecular formula is C31H32IN3O. The van der Waals surface area contributed by atoms with Gasteiger partial charge in [-0.05, 0) is 61.9 Å². The molecule has 4 aromatic rings. The number of para-hydroxylation sites is 1. The number of aromatic nitrogens is 1. The van der Waals surface area contributed by atoms with Gasteiger partial charge in [0, 0.05) is 46.0 Å². The van der Waals surface area contributed by atoms with Crippen LogP contribution in [0.5, 0.6) is 0 Å². The lowest BCUT2D eigenvalue weighted by molar-refractivity contribution is -0.141. The third-order valence-electron chi connectivity index (χ3n) is 8.69. The number of nitrogens with one attached hydrogen (secondary N) is 1. The van der Waals surface area contributed by atoms with E-state index in [0.717, 1.165) is 44.2 Å². The second-order valence-electron chi connectivity index (χ2n) is 10.4. The normalized spacial score (nSPS) is 23.8. The first-order chi connectivity index (χ1) is 17.5. The van der Waals surface area contributed by atoms with E-state index in [2.05, 4.69) is 110 Å². The molecule has 2 heterocycles. The first kappa shape index (κ1) is 23.7. The molecule has 0 bridgehead atoms. The Kier molecular flexibility index (Phi) is 6.16. The van der Waals surface area contributed by atoms with E-state index in [1.54, 1.807) is 0 Å². The average Bonchev–Trinajstić information content (AvgIpc) is 3.30. The van der Waals surface area contributed by atoms with Gasteiger partial charge in [0.2, 0.25) is 5.91 Å². The fourth-order valence-electron chi connectivity index (χ4n) is 6.78. The smallest absolute Gasteiger partial charge is 0.227 e. The van der Waals surface area contributed by atoms with Crippen molar-refractivity contribution in [1.29, 1.82) is 0 Å². The lowest BCUT2D eigenvalue weighted by Gasteiger charge is -2.54. The molecule has 0 atom stereocenters. The van der Waals surface area contributed by atoms with Gasteiger partial charge in [0.15, 0.2) is 0 Å². The number of amides is 1. The summed E-state index contributed by atoms with van der Waals surface area (Å²) in [7, 11) is 2.19. The zero-order valence-corrected chi connectivity index (χ0v) is 22.9. The number of hydrogen-bond acceptors (Lipinski definition) is 2. The molecule has 1 aliphatic heterocycles. The molecule has 4 nitrogen and oxygen atoms in total. The van der Waals surface area contributed by atoms with Crippen LogP contribution in [0.25, 0.3) is 10.9 Å². The van der Waals surface area contributed by atoms with Crippen molar-refractivity contribution in [3.05, 3.63) is 107 Å². The molecule has 1 N–H and O–H groups in total. The second-order valence-corrected chi connectivity index (χ2v) is 11.8. The van der Waals surface area contributed by atoms with Crippen molar-refractivity contribution in [2.75, 3.05) is 13.6 Å². The van der Waals surface area contributed by atoms with Crippen LogP contribution in [0, 0.1) is 0 Å². The first-order valence-electron chi connectivity index (χ1n) is 12.9. The Morgan fingerprint density at radius 3 is 2.25 bits per heavy atom. The summed E-state index contributed by atoms with van der Waals surface area (Å²) in [6, 6.07) is 29.7. The van der Waals surface area contributed by atoms with E-state index in [-0.39, 0.29) is 17.0 Å². The monoisotopic (exact) mass is 589 g/mol. The molecule has 36 heavy (non-hydrogen) atoms. The SMILES string of the molecule is CN(I)C1(c2ccccc2)CCC2(CC1)c1[nH]c3ccccc3c1CCN2C(=O)Cc1ccccc1. The maximum absolute atomic E-state index is 13.9. The second kappa shape index (κ2) is 9.34. The molecule has 5 heteroatoms. The van der Waals surface area contributed by atoms with Crippen LogP contribution in [0.3, 0.4) is 0 Å². The molecule has 0 radical (unpaired) electrons. The third-order valence-corrected chi connectivity index (χ3v) is 9.61. The predicted octanol–water partition coefficient (Wildman–Crippen LogP) is 6.74. The molecule has 2 aliphatic rings. The van der Waals surface area contributed by atoms with Crippen molar-refractivity contribution in [3.8, 4) is 0 Å². The summed E-state index contributed by atoms with van der Waals surface area (Å²) in [6.07, 6.45) is 5.23. The maximum atomic E-state index is 13.9. The van der Waals surface area contributed by atoms with Crippen LogP contribution in [0.4, 0.5) is 0 Å². The number of fused-ring (bicyclic) bond motifs is 4. The molecule has 6 rings (SSSR count). The van der Waals surface area contributed by atoms with Crippen LogP contribution in [-0.2, 0) is 28.7 Å². The van der Waals surface area contributed by atoms with Gasteiger partial charge in [0.1, 0.15) is 0 Å². The van der Waals surface area contributed by atoms with Gasteiger partial charge in [-0.2, -0.15) is 0 Å². The number of halogens is 1. The fraction of sp³-hybridized carbons (Fsp3) is 0.323. The number of carbonyl (C=O) groups is 1. The van der Waals surface area contributed by atoms with Gasteiger partial charge in [0.25, 0.3) is 0 Å². The van der Waals surface area contributed by atoms with Gasteiger partial charge in [0.05, 0.1) is 17.5 Å². The average molecular weight is 590 g/mol. The molecular weight excluding hydrogens is 557 g/mol. The van der Waals surface area contributed by atoms with Crippen LogP contribution in [0.15, 0.2) is 84.9 Å². The summed E-state index contributed by atoms with van der Waals surface area (Å²) >= 11 is 2.47. The number of nitrogens with zero attached hydrogens (tertiary/aromatic N) is 2. The number of aromatic amines is 1. The van der Waals surface area contributed by atoms with E-state index in [9.17, 15) is 4.79 Å². The summed E-state index contributed by atoms with van der Waals surface area (Å²) < 4.78 is 2.37. The minimum atomic E-state index is -0.302. The van der Waals surface area contributed by atoms with Gasteiger partial charge >= 0.3 is 0 Å². The lowest BCUT2D eigenvalue weighted by Crippen LogP contribution is -2.58. The number of rotatable bonds is 4. The Balaban J connectivity index is 1.42. The minimum absolute atomic E-state index is 0.0369. The molecule has 1 aromatic heterocycles. The van der Waals surface area contributed by atoms with E-state index in [4.69, 9.17) is 0 Å². The molecule has 1 amide bonds. The van der Waals surface area contributed by atoms with E-state index < -0.39 is 0 Å². The fourth-order valence-corrected chi connectivity index (χ4v) is 7.54. The Hall–Kier alpha value is -2.64. The van der Waals surface area contributed by atoms with Crippen LogP contribution < -0.4 is 0 Å². The molecule has 1 saturated carbocycles. The molecule has 184 valence electrons. The van der Waals surface area contributed by atoms with E-state index in [0.29, 0.717) is 6.42 Å². The molecule has 0 unspecified atom stereocenters. The summed E-state index contributed by atoms with van der Waals surface area (Å²) in [5, 5.41) is 1.31. The summed E-state index contributed by atoms with van der Waals surface area (Å²) in [5.41, 5.74) is 5.98. The van der Waals surface area contributed by atoms with Crippen molar-refractivity contribution >= 4 is 39.7 Å². The lowest BCUT2D eigenvalue weighted by atomic mass is 9.65. The Morgan fingerprint density at radius 1 is 0.917 bits per heavy atom. The number of hydrogen-bond donors (Lipinski definition) is 1. The van der Waals surface area contributed by atoms with Crippen LogP contribution in [0.2, 0.25) is 0 Å². The Bertz CT molecular complexity index is 1370. The highest BCUT2D eigenvalue weighted by Gasteiger charge is 2.53. The van der Waals surface area contributed by atoms with Crippen molar-refractivity contribution in [1.82, 2.24) is 13.0 Å². The van der Waals surface area contributed by atoms with Gasteiger partial charge in [-0.25, -0.2) is 3.11 Å². The summed E-state index contributed by atoms with van der Waals surface area (Å²) in [5.74, 6) is 0.237. The van der Waals surface area contributed by atoms with Gasteiger partial charge in [-0.1, -0.05) is 78.9 Å². The standard InChI is InChI=1S/C31H32IN3O/c1-34(32)30(24-12-6-3-7-13-24)17-19-31(20-18-30)29-26(25-14-8-9-15-27(25)33-29)16-21-35(31)28(36)22-23-10-4-2-5-11-23/h2-15,33H,16-22H2,1H3. The molecule has 1 fully saturated rings. The highest BCUT2D eigenvalue weighted by molar-refractivity contribution is 14.1. The molecule has 3 aromatic carbocycles. The van der Waals surface area contributed by atoms with Gasteiger partial charge < -0.3 is 9.88 Å². The molecule has 0 saturated heterocycles. The zero-order valence-electron chi connectivity index (χ0n) is 20.7. The van der Waals surface area contributed by atoms with Crippen molar-refractivity contribution in [2.24, 2.45) is 0 Å². The Labute approximate surface area is 227 Å². The summed E-state index contributed by atoms with van der Waals surface area (Å²) in [6.45, 7) is 0.777. The summed E-state index contributed by atoms with van der Waals surface area (Å²) in [4.78, 5) is 20.0. The highest BCUT2D eigenvalue weighted by Crippen LogP contribution is 2.54. The van der Waals surface area contributed by atoms with Crippen molar-refractivity contribution in [2.45, 2.75) is 49.6 Å². The van der Waals surface area contributed by atoms with Crippen LogP contribution >= 0.6 is 22.9 Å². The van der Waals surface area contributed by atoms with Gasteiger partial charge in [-0.15, -0.1) is 0 Å². The van der Waals surface area contributed by atoms with E-state index in [1.165, 1.54) is 27.7 Å². The topological polar surface area (TPSA) is 39.3 Å². The van der Waals surface area contributed by atoms with Crippen molar-refractivity contribution < 1.29 is 4.79 Å². The third kappa shape index (κ3) is 3.79. The van der Waals surface area contributed by atoms with Crippen LogP contribution in [0.1, 0.15) is 48.1 Å². The highest BCUT2D eigenvalue weighted by atomic mass is 127. The number of H-pyrrole nitrogens is 1. The largest absolute Gasteiger partial charge is 0.356 e.